The smallest absolute Gasteiger partial charge is 0.423 e. The zero-order chi connectivity index (χ0) is 32.9. The first-order valence-electron chi connectivity index (χ1n) is 13.9. The molecule has 0 bridgehead atoms. The summed E-state index contributed by atoms with van der Waals surface area (Å²) in [5, 5.41) is 28.0. The Kier molecular flexibility index (Phi) is 11.2. The Morgan fingerprint density at radius 2 is 1.68 bits per heavy atom. The Balaban J connectivity index is 1.71. The monoisotopic (exact) mass is 622 g/mol. The number of benzene rings is 2. The second-order valence-corrected chi connectivity index (χ2v) is 11.3. The van der Waals surface area contributed by atoms with Gasteiger partial charge in [0.25, 0.3) is 0 Å². The highest BCUT2D eigenvalue weighted by molar-refractivity contribution is 6.62. The number of rotatable bonds is 13. The maximum absolute atomic E-state index is 13.4. The Bertz CT molecular complexity index is 1340. The van der Waals surface area contributed by atoms with Crippen LogP contribution in [0.2, 0.25) is 0 Å². The number of fused-ring (bicyclic) bond motifs is 1. The number of alkyl halides is 3. The molecule has 3 rings (SSSR count). The fraction of sp³-hybridized carbons (Fsp3) is 0.464. The van der Waals surface area contributed by atoms with Crippen LogP contribution in [0.1, 0.15) is 43.4 Å². The summed E-state index contributed by atoms with van der Waals surface area (Å²) in [5.41, 5.74) is 15.6. The topological polar surface area (TPSA) is 215 Å². The molecule has 0 spiro atoms. The molecule has 1 heterocycles. The zero-order valence-electron chi connectivity index (χ0n) is 24.4. The summed E-state index contributed by atoms with van der Waals surface area (Å²) in [5.74, 6) is -1.98. The third kappa shape index (κ3) is 9.00. The van der Waals surface area contributed by atoms with Gasteiger partial charge in [-0.25, -0.2) is 0 Å². The summed E-state index contributed by atoms with van der Waals surface area (Å²) in [6, 6.07) is 6.47. The minimum Gasteiger partial charge on any atom is -0.423 e. The molecule has 3 amide bonds. The van der Waals surface area contributed by atoms with Gasteiger partial charge in [-0.05, 0) is 61.1 Å². The number of carbonyl (C=O) groups excluding carboxylic acids is 3. The van der Waals surface area contributed by atoms with Gasteiger partial charge in [0.1, 0.15) is 11.6 Å². The van der Waals surface area contributed by atoms with Crippen molar-refractivity contribution < 1.29 is 42.3 Å². The molecule has 0 radical (unpaired) electrons. The van der Waals surface area contributed by atoms with E-state index < -0.39 is 59.9 Å². The van der Waals surface area contributed by atoms with Crippen LogP contribution in [0, 0.1) is 0 Å². The molecule has 1 aliphatic heterocycles. The normalized spacial score (nSPS) is 15.7. The summed E-state index contributed by atoms with van der Waals surface area (Å²) in [6.07, 6.45) is -5.03. The molecular formula is C28H38BF3N6O6. The second kappa shape index (κ2) is 14.1. The van der Waals surface area contributed by atoms with E-state index in [1.54, 1.807) is 26.0 Å². The van der Waals surface area contributed by atoms with E-state index in [1.807, 2.05) is 0 Å². The first-order valence-corrected chi connectivity index (χ1v) is 13.9. The molecule has 2 atom stereocenters. The Morgan fingerprint density at radius 3 is 2.27 bits per heavy atom. The molecule has 16 heteroatoms. The number of halogens is 3. The van der Waals surface area contributed by atoms with Crippen molar-refractivity contribution in [1.82, 2.24) is 10.6 Å². The highest BCUT2D eigenvalue weighted by Crippen LogP contribution is 2.31. The van der Waals surface area contributed by atoms with Crippen molar-refractivity contribution >= 4 is 36.0 Å². The summed E-state index contributed by atoms with van der Waals surface area (Å²) < 4.78 is 44.7. The van der Waals surface area contributed by atoms with Gasteiger partial charge in [-0.15, -0.1) is 0 Å². The Labute approximate surface area is 253 Å². The van der Waals surface area contributed by atoms with Crippen LogP contribution in [0.4, 0.5) is 18.9 Å². The van der Waals surface area contributed by atoms with Crippen molar-refractivity contribution in [2.24, 2.45) is 17.2 Å². The number of carbonyl (C=O) groups is 3. The molecule has 12 nitrogen and oxygen atoms in total. The first kappa shape index (κ1) is 34.9. The molecule has 2 aromatic carbocycles. The highest BCUT2D eigenvalue weighted by atomic mass is 19.4. The first-order chi connectivity index (χ1) is 20.5. The van der Waals surface area contributed by atoms with E-state index >= 15 is 0 Å². The van der Waals surface area contributed by atoms with Crippen molar-refractivity contribution in [3.63, 3.8) is 0 Å². The third-order valence-corrected chi connectivity index (χ3v) is 7.39. The van der Waals surface area contributed by atoms with E-state index in [9.17, 15) is 37.7 Å². The summed E-state index contributed by atoms with van der Waals surface area (Å²) >= 11 is 0. The van der Waals surface area contributed by atoms with E-state index in [-0.39, 0.29) is 44.6 Å². The van der Waals surface area contributed by atoms with Crippen LogP contribution in [0.3, 0.4) is 0 Å². The number of nitrogens with one attached hydrogen (secondary N) is 3. The van der Waals surface area contributed by atoms with Crippen molar-refractivity contribution in [3.05, 3.63) is 59.2 Å². The number of aliphatic hydroxyl groups is 1. The summed E-state index contributed by atoms with van der Waals surface area (Å²) in [4.78, 5) is 38.5. The fourth-order valence-corrected chi connectivity index (χ4v) is 4.58. The van der Waals surface area contributed by atoms with Crippen LogP contribution in [0.5, 0.6) is 0 Å². The molecule has 0 aromatic heterocycles. The van der Waals surface area contributed by atoms with Gasteiger partial charge in [0.05, 0.1) is 17.2 Å². The van der Waals surface area contributed by atoms with Crippen molar-refractivity contribution in [2.45, 2.75) is 62.6 Å². The molecule has 1 aliphatic rings. The van der Waals surface area contributed by atoms with Crippen LogP contribution < -0.4 is 38.6 Å². The largest absolute Gasteiger partial charge is 0.492 e. The van der Waals surface area contributed by atoms with E-state index in [1.165, 1.54) is 18.2 Å². The van der Waals surface area contributed by atoms with E-state index in [0.29, 0.717) is 11.0 Å². The SMILES string of the molecule is CC1(C)OB(O)c2cc(NC(=O)[C@@H](Cc3ccc(C(F)(F)F)cc3)NC(=O)[C@@H](N)CCC(=O)NCC(O)(CN)CN)ccc21. The Hall–Kier alpha value is -3.54. The fourth-order valence-electron chi connectivity index (χ4n) is 4.58. The van der Waals surface area contributed by atoms with Crippen molar-refractivity contribution in [2.75, 3.05) is 25.0 Å². The van der Waals surface area contributed by atoms with Crippen LogP contribution in [-0.2, 0) is 37.2 Å². The third-order valence-electron chi connectivity index (χ3n) is 7.39. The van der Waals surface area contributed by atoms with Crippen molar-refractivity contribution in [1.29, 1.82) is 0 Å². The molecule has 0 saturated carbocycles. The molecule has 0 aliphatic carbocycles. The molecule has 0 saturated heterocycles. The lowest BCUT2D eigenvalue weighted by atomic mass is 9.78. The quantitative estimate of drug-likeness (QED) is 0.131. The predicted octanol–water partition coefficient (Wildman–Crippen LogP) is -0.804. The van der Waals surface area contributed by atoms with Crippen LogP contribution in [0.25, 0.3) is 0 Å². The average Bonchev–Trinajstić information content (AvgIpc) is 3.20. The Morgan fingerprint density at radius 1 is 1.05 bits per heavy atom. The molecule has 240 valence electrons. The molecular weight excluding hydrogens is 584 g/mol. The number of nitrogens with two attached hydrogens (primary N) is 3. The van der Waals surface area contributed by atoms with Gasteiger partial charge < -0.3 is 47.9 Å². The van der Waals surface area contributed by atoms with Crippen LogP contribution in [0.15, 0.2) is 42.5 Å². The minimum absolute atomic E-state index is 0.117. The maximum atomic E-state index is 13.4. The van der Waals surface area contributed by atoms with Gasteiger partial charge in [0, 0.05) is 38.2 Å². The van der Waals surface area contributed by atoms with Gasteiger partial charge in [-0.3, -0.25) is 14.4 Å². The number of hydrogen-bond acceptors (Lipinski definition) is 9. The number of hydrogen-bond donors (Lipinski definition) is 8. The van der Waals surface area contributed by atoms with Gasteiger partial charge in [0.2, 0.25) is 17.7 Å². The summed E-state index contributed by atoms with van der Waals surface area (Å²) in [7, 11) is -1.21. The minimum atomic E-state index is -4.55. The van der Waals surface area contributed by atoms with E-state index in [2.05, 4.69) is 16.0 Å². The van der Waals surface area contributed by atoms with Gasteiger partial charge in [-0.2, -0.15) is 13.2 Å². The molecule has 44 heavy (non-hydrogen) atoms. The van der Waals surface area contributed by atoms with Gasteiger partial charge in [0.15, 0.2) is 0 Å². The molecule has 0 fully saturated rings. The number of amides is 3. The van der Waals surface area contributed by atoms with E-state index in [4.69, 9.17) is 21.9 Å². The maximum Gasteiger partial charge on any atom is 0.492 e. The van der Waals surface area contributed by atoms with Gasteiger partial charge >= 0.3 is 13.3 Å². The number of anilines is 1. The van der Waals surface area contributed by atoms with Crippen LogP contribution in [-0.4, -0.2) is 72.3 Å². The van der Waals surface area contributed by atoms with E-state index in [0.717, 1.165) is 17.7 Å². The lowest BCUT2D eigenvalue weighted by molar-refractivity contribution is -0.137. The lowest BCUT2D eigenvalue weighted by Gasteiger charge is -2.25. The predicted molar refractivity (Wildman–Crippen MR) is 157 cm³/mol. The highest BCUT2D eigenvalue weighted by Gasteiger charge is 2.40. The average molecular weight is 622 g/mol. The molecule has 11 N–H and O–H groups in total. The lowest BCUT2D eigenvalue weighted by Crippen LogP contribution is -2.53. The standard InChI is InChI=1S/C28H38BF3N6O6/c1-26(2)19-8-7-18(12-20(19)29(43)44-26)37-25(41)22(11-16-3-5-17(6-4-16)28(30,31)32)38-24(40)21(35)9-10-23(39)36-15-27(42,13-33)14-34/h3-8,12,21-22,42-43H,9-11,13-15,33-35H2,1-2H3,(H,36,39)(H,37,41)(H,38,40)/t21-,22+/m0/s1. The summed E-state index contributed by atoms with van der Waals surface area (Å²) in [6.45, 7) is 3.02. The second-order valence-electron chi connectivity index (χ2n) is 11.3. The van der Waals surface area contributed by atoms with Gasteiger partial charge in [-0.1, -0.05) is 18.2 Å². The zero-order valence-corrected chi connectivity index (χ0v) is 24.4. The van der Waals surface area contributed by atoms with Crippen molar-refractivity contribution in [3.8, 4) is 0 Å². The molecule has 2 aromatic rings. The van der Waals surface area contributed by atoms with Crippen LogP contribution >= 0.6 is 0 Å². The molecule has 0 unspecified atom stereocenters.